The summed E-state index contributed by atoms with van der Waals surface area (Å²) < 4.78 is 16.7. The molecule has 0 fully saturated rings. The topological polar surface area (TPSA) is 157 Å². The highest BCUT2D eigenvalue weighted by atomic mass is 16.8. The van der Waals surface area contributed by atoms with Gasteiger partial charge in [-0.15, -0.1) is 0 Å². The molecule has 0 N–H and O–H groups in total. The van der Waals surface area contributed by atoms with Crippen molar-refractivity contribution in [2.75, 3.05) is 0 Å². The van der Waals surface area contributed by atoms with Gasteiger partial charge in [0.2, 0.25) is 0 Å². The Bertz CT molecular complexity index is 943. The fraction of sp³-hybridized carbons (Fsp3) is 0.0526. The van der Waals surface area contributed by atoms with E-state index in [0.717, 1.165) is 0 Å². The van der Waals surface area contributed by atoms with E-state index in [4.69, 9.17) is 14.2 Å². The maximum atomic E-state index is 10.8. The summed E-state index contributed by atoms with van der Waals surface area (Å²) >= 11 is 0. The van der Waals surface area contributed by atoms with Gasteiger partial charge in [-0.25, -0.2) is 0 Å². The molecule has 0 saturated heterocycles. The molecule has 3 aromatic carbocycles. The molecule has 0 amide bonds. The maximum absolute atomic E-state index is 10.8. The predicted molar refractivity (Wildman–Crippen MR) is 105 cm³/mol. The first-order valence-corrected chi connectivity index (χ1v) is 8.55. The fourth-order valence-electron chi connectivity index (χ4n) is 2.34. The van der Waals surface area contributed by atoms with E-state index in [-0.39, 0.29) is 34.3 Å². The summed E-state index contributed by atoms with van der Waals surface area (Å²) in [6.45, 7) is -1.41. The fourth-order valence-corrected chi connectivity index (χ4v) is 2.34. The molecular formula is C19H13N3O9. The quantitative estimate of drug-likeness (QED) is 0.277. The minimum atomic E-state index is -1.41. The lowest BCUT2D eigenvalue weighted by molar-refractivity contribution is -0.385. The van der Waals surface area contributed by atoms with Gasteiger partial charge in [0.15, 0.2) is 0 Å². The second-order valence-corrected chi connectivity index (χ2v) is 5.90. The van der Waals surface area contributed by atoms with Crippen LogP contribution in [0.4, 0.5) is 17.1 Å². The smallest absolute Gasteiger partial charge is 0.406 e. The minimum absolute atomic E-state index is 0.142. The Hall–Kier alpha value is -4.74. The van der Waals surface area contributed by atoms with Crippen molar-refractivity contribution in [1.29, 1.82) is 0 Å². The van der Waals surface area contributed by atoms with E-state index in [0.29, 0.717) is 0 Å². The van der Waals surface area contributed by atoms with Crippen LogP contribution in [0.15, 0.2) is 72.8 Å². The van der Waals surface area contributed by atoms with Gasteiger partial charge in [-0.2, -0.15) is 0 Å². The molecule has 0 bridgehead atoms. The minimum Gasteiger partial charge on any atom is -0.423 e. The lowest BCUT2D eigenvalue weighted by Gasteiger charge is -2.21. The molecule has 0 aromatic heterocycles. The largest absolute Gasteiger partial charge is 0.423 e. The Morgan fingerprint density at radius 2 is 0.710 bits per heavy atom. The Morgan fingerprint density at radius 1 is 0.484 bits per heavy atom. The lowest BCUT2D eigenvalue weighted by atomic mass is 10.3. The Kier molecular flexibility index (Phi) is 6.21. The molecule has 31 heavy (non-hydrogen) atoms. The van der Waals surface area contributed by atoms with Crippen molar-refractivity contribution in [3.05, 3.63) is 103 Å². The molecule has 12 heteroatoms. The van der Waals surface area contributed by atoms with Crippen LogP contribution in [0.25, 0.3) is 0 Å². The summed E-state index contributed by atoms with van der Waals surface area (Å²) in [7, 11) is 0. The number of rotatable bonds is 9. The van der Waals surface area contributed by atoms with E-state index in [9.17, 15) is 30.3 Å². The van der Waals surface area contributed by atoms with Crippen LogP contribution in [-0.2, 0) is 0 Å². The summed E-state index contributed by atoms with van der Waals surface area (Å²) in [6.07, 6.45) is 0. The average Bonchev–Trinajstić information content (AvgIpc) is 2.75. The van der Waals surface area contributed by atoms with E-state index < -0.39 is 21.2 Å². The van der Waals surface area contributed by atoms with Crippen LogP contribution in [-0.4, -0.2) is 21.2 Å². The second kappa shape index (κ2) is 9.17. The van der Waals surface area contributed by atoms with E-state index >= 15 is 0 Å². The van der Waals surface area contributed by atoms with Gasteiger partial charge >= 0.3 is 6.48 Å². The van der Waals surface area contributed by atoms with Gasteiger partial charge in [0.25, 0.3) is 17.1 Å². The van der Waals surface area contributed by atoms with E-state index in [1.165, 1.54) is 72.8 Å². The van der Waals surface area contributed by atoms with Crippen LogP contribution in [0.3, 0.4) is 0 Å². The number of ether oxygens (including phenoxy) is 3. The monoisotopic (exact) mass is 427 g/mol. The zero-order chi connectivity index (χ0) is 22.4. The molecule has 158 valence electrons. The van der Waals surface area contributed by atoms with Crippen molar-refractivity contribution in [1.82, 2.24) is 0 Å². The Balaban J connectivity index is 1.80. The number of hydrogen-bond acceptors (Lipinski definition) is 9. The number of non-ortho nitro benzene ring substituents is 3. The Labute approximate surface area is 173 Å². The Morgan fingerprint density at radius 3 is 0.903 bits per heavy atom. The third kappa shape index (κ3) is 5.63. The van der Waals surface area contributed by atoms with Gasteiger partial charge in [0.05, 0.1) is 14.8 Å². The molecule has 3 aromatic rings. The van der Waals surface area contributed by atoms with E-state index in [1.54, 1.807) is 0 Å². The van der Waals surface area contributed by atoms with Crippen molar-refractivity contribution in [2.24, 2.45) is 0 Å². The van der Waals surface area contributed by atoms with Crippen LogP contribution in [0.5, 0.6) is 17.2 Å². The van der Waals surface area contributed by atoms with E-state index in [2.05, 4.69) is 0 Å². The van der Waals surface area contributed by atoms with Crippen molar-refractivity contribution in [3.63, 3.8) is 0 Å². The molecule has 0 unspecified atom stereocenters. The first kappa shape index (κ1) is 21.0. The third-order valence-corrected chi connectivity index (χ3v) is 3.84. The first-order chi connectivity index (χ1) is 14.8. The van der Waals surface area contributed by atoms with Crippen LogP contribution in [0.1, 0.15) is 0 Å². The number of hydrogen-bond donors (Lipinski definition) is 0. The van der Waals surface area contributed by atoms with Crippen LogP contribution < -0.4 is 14.2 Å². The molecule has 0 heterocycles. The average molecular weight is 427 g/mol. The van der Waals surface area contributed by atoms with Crippen LogP contribution in [0, 0.1) is 30.3 Å². The standard InChI is InChI=1S/C19H13N3O9/c23-20(24)13-1-7-16(8-2-13)29-19(30-17-9-3-14(4-10-17)21(25)26)31-18-11-5-15(6-12-18)22(27)28/h1-12,19H. The normalized spacial score (nSPS) is 10.4. The summed E-state index contributed by atoms with van der Waals surface area (Å²) in [5, 5.41) is 32.4. The van der Waals surface area contributed by atoms with Crippen molar-refractivity contribution >= 4 is 17.1 Å². The van der Waals surface area contributed by atoms with Gasteiger partial charge in [-0.3, -0.25) is 30.3 Å². The summed E-state index contributed by atoms with van der Waals surface area (Å²) in [4.78, 5) is 30.7. The highest BCUT2D eigenvalue weighted by molar-refractivity contribution is 5.38. The highest BCUT2D eigenvalue weighted by Gasteiger charge is 2.18. The maximum Gasteiger partial charge on any atom is 0.406 e. The number of benzene rings is 3. The van der Waals surface area contributed by atoms with Crippen LogP contribution in [0.2, 0.25) is 0 Å². The molecule has 0 atom stereocenters. The lowest BCUT2D eigenvalue weighted by Crippen LogP contribution is -2.30. The highest BCUT2D eigenvalue weighted by Crippen LogP contribution is 2.24. The van der Waals surface area contributed by atoms with Crippen molar-refractivity contribution in [2.45, 2.75) is 6.48 Å². The molecule has 0 spiro atoms. The van der Waals surface area contributed by atoms with Gasteiger partial charge in [0, 0.05) is 36.4 Å². The third-order valence-electron chi connectivity index (χ3n) is 3.84. The summed E-state index contributed by atoms with van der Waals surface area (Å²) in [6, 6.07) is 15.4. The molecule has 0 aliphatic heterocycles. The molecular weight excluding hydrogens is 414 g/mol. The molecule has 0 aliphatic rings. The molecule has 3 rings (SSSR count). The van der Waals surface area contributed by atoms with Gasteiger partial charge in [0.1, 0.15) is 17.2 Å². The van der Waals surface area contributed by atoms with Gasteiger partial charge in [-0.05, 0) is 36.4 Å². The van der Waals surface area contributed by atoms with Crippen molar-refractivity contribution < 1.29 is 29.0 Å². The second-order valence-electron chi connectivity index (χ2n) is 5.90. The molecule has 12 nitrogen and oxygen atoms in total. The van der Waals surface area contributed by atoms with E-state index in [1.807, 2.05) is 0 Å². The summed E-state index contributed by atoms with van der Waals surface area (Å²) in [5.74, 6) is 0.540. The number of nitrogens with zero attached hydrogens (tertiary/aromatic N) is 3. The van der Waals surface area contributed by atoms with Gasteiger partial charge < -0.3 is 14.2 Å². The van der Waals surface area contributed by atoms with Crippen molar-refractivity contribution in [3.8, 4) is 17.2 Å². The number of nitro benzene ring substituents is 3. The summed E-state index contributed by atoms with van der Waals surface area (Å²) in [5.41, 5.74) is -0.426. The van der Waals surface area contributed by atoms with Crippen LogP contribution >= 0.6 is 0 Å². The molecule has 0 radical (unpaired) electrons. The zero-order valence-corrected chi connectivity index (χ0v) is 15.5. The first-order valence-electron chi connectivity index (χ1n) is 8.55. The molecule has 0 saturated carbocycles. The zero-order valence-electron chi connectivity index (χ0n) is 15.5. The SMILES string of the molecule is O=[N+]([O-])c1ccc(OC(Oc2ccc([N+](=O)[O-])cc2)Oc2ccc([N+](=O)[O-])cc2)cc1. The number of nitro groups is 3. The van der Waals surface area contributed by atoms with Gasteiger partial charge in [-0.1, -0.05) is 0 Å². The predicted octanol–water partition coefficient (Wildman–Crippen LogP) is 4.23. The molecule has 0 aliphatic carbocycles.